The average Bonchev–Trinajstić information content (AvgIpc) is 2.65. The van der Waals surface area contributed by atoms with Crippen molar-refractivity contribution in [1.82, 2.24) is 30.2 Å². The van der Waals surface area contributed by atoms with Gasteiger partial charge in [0.15, 0.2) is 5.69 Å². The van der Waals surface area contributed by atoms with E-state index in [-0.39, 0.29) is 5.69 Å². The first-order valence-electron chi connectivity index (χ1n) is 4.12. The molecule has 9 heteroatoms. The Morgan fingerprint density at radius 2 is 2.31 bits per heavy atom. The molecule has 0 fully saturated rings. The van der Waals surface area contributed by atoms with Crippen LogP contribution in [0.1, 0.15) is 10.5 Å². The first-order chi connectivity index (χ1) is 7.66. The van der Waals surface area contributed by atoms with Crippen molar-refractivity contribution >= 4 is 17.7 Å². The number of aromatic nitrogens is 6. The molecule has 0 aliphatic carbocycles. The normalized spacial score (nSPS) is 10.3. The zero-order valence-corrected chi connectivity index (χ0v) is 8.92. The molecule has 0 radical (unpaired) electrons. The Kier molecular flexibility index (Phi) is 2.77. The third-order valence-corrected chi connectivity index (χ3v) is 2.54. The predicted octanol–water partition coefficient (Wildman–Crippen LogP) is -0.151. The van der Waals surface area contributed by atoms with Gasteiger partial charge in [-0.25, -0.2) is 14.5 Å². The van der Waals surface area contributed by atoms with E-state index < -0.39 is 5.97 Å². The van der Waals surface area contributed by atoms with Crippen molar-refractivity contribution in [2.75, 3.05) is 0 Å². The van der Waals surface area contributed by atoms with Crippen molar-refractivity contribution in [3.63, 3.8) is 0 Å². The molecule has 0 aliphatic rings. The molecule has 82 valence electrons. The lowest BCUT2D eigenvalue weighted by atomic mass is 10.5. The summed E-state index contributed by atoms with van der Waals surface area (Å²) in [6, 6.07) is 0. The lowest BCUT2D eigenvalue weighted by Gasteiger charge is -1.98. The van der Waals surface area contributed by atoms with Gasteiger partial charge in [-0.05, 0) is 22.2 Å². The Hall–Kier alpha value is -2.03. The SMILES string of the molecule is Cn1nnnc1Sc1cncc(C(=O)O)n1. The first kappa shape index (κ1) is 10.5. The van der Waals surface area contributed by atoms with E-state index in [0.29, 0.717) is 10.2 Å². The van der Waals surface area contributed by atoms with Crippen LogP contribution in [0.15, 0.2) is 22.6 Å². The predicted molar refractivity (Wildman–Crippen MR) is 51.9 cm³/mol. The van der Waals surface area contributed by atoms with Crippen LogP contribution in [0.4, 0.5) is 0 Å². The van der Waals surface area contributed by atoms with E-state index in [0.717, 1.165) is 11.8 Å². The van der Waals surface area contributed by atoms with Crippen molar-refractivity contribution in [3.05, 3.63) is 18.1 Å². The summed E-state index contributed by atoms with van der Waals surface area (Å²) in [4.78, 5) is 18.3. The Labute approximate surface area is 93.7 Å². The maximum atomic E-state index is 10.7. The summed E-state index contributed by atoms with van der Waals surface area (Å²) < 4.78 is 1.46. The number of carbonyl (C=O) groups is 1. The molecule has 0 unspecified atom stereocenters. The third kappa shape index (κ3) is 2.14. The fourth-order valence-corrected chi connectivity index (χ4v) is 1.59. The molecule has 2 rings (SSSR count). The molecule has 0 saturated carbocycles. The number of aromatic carboxylic acids is 1. The summed E-state index contributed by atoms with van der Waals surface area (Å²) in [7, 11) is 1.68. The van der Waals surface area contributed by atoms with Crippen LogP contribution in [-0.4, -0.2) is 41.3 Å². The highest BCUT2D eigenvalue weighted by Crippen LogP contribution is 2.21. The summed E-state index contributed by atoms with van der Waals surface area (Å²) in [5, 5.41) is 20.5. The van der Waals surface area contributed by atoms with Gasteiger partial charge in [0, 0.05) is 7.05 Å². The molecule has 0 atom stereocenters. The highest BCUT2D eigenvalue weighted by atomic mass is 32.2. The van der Waals surface area contributed by atoms with Gasteiger partial charge in [-0.2, -0.15) is 0 Å². The van der Waals surface area contributed by atoms with Gasteiger partial charge in [-0.15, -0.1) is 5.10 Å². The highest BCUT2D eigenvalue weighted by Gasteiger charge is 2.10. The number of hydrogen-bond acceptors (Lipinski definition) is 7. The minimum absolute atomic E-state index is 0.111. The van der Waals surface area contributed by atoms with Gasteiger partial charge < -0.3 is 5.11 Å². The van der Waals surface area contributed by atoms with Gasteiger partial charge >= 0.3 is 5.97 Å². The Morgan fingerprint density at radius 1 is 1.50 bits per heavy atom. The van der Waals surface area contributed by atoms with E-state index in [1.165, 1.54) is 17.1 Å². The quantitative estimate of drug-likeness (QED) is 0.786. The van der Waals surface area contributed by atoms with Crippen LogP contribution >= 0.6 is 11.8 Å². The van der Waals surface area contributed by atoms with Crippen LogP contribution in [0, 0.1) is 0 Å². The minimum Gasteiger partial charge on any atom is -0.476 e. The van der Waals surface area contributed by atoms with E-state index in [1.54, 1.807) is 7.05 Å². The van der Waals surface area contributed by atoms with Crippen molar-refractivity contribution in [1.29, 1.82) is 0 Å². The summed E-state index contributed by atoms with van der Waals surface area (Å²) in [6.45, 7) is 0. The second kappa shape index (κ2) is 4.23. The van der Waals surface area contributed by atoms with E-state index >= 15 is 0 Å². The fraction of sp³-hybridized carbons (Fsp3) is 0.143. The molecule has 8 nitrogen and oxygen atoms in total. The number of carboxylic acids is 1. The van der Waals surface area contributed by atoms with Crippen LogP contribution in [0.5, 0.6) is 0 Å². The van der Waals surface area contributed by atoms with E-state index in [9.17, 15) is 4.79 Å². The number of carboxylic acid groups (broad SMARTS) is 1. The molecule has 0 aliphatic heterocycles. The molecular formula is C7H6N6O2S. The van der Waals surface area contributed by atoms with Crippen LogP contribution in [-0.2, 0) is 7.05 Å². The van der Waals surface area contributed by atoms with Gasteiger partial charge in [-0.3, -0.25) is 4.98 Å². The Balaban J connectivity index is 2.25. The fourth-order valence-electron chi connectivity index (χ4n) is 0.902. The Bertz CT molecular complexity index is 527. The van der Waals surface area contributed by atoms with Gasteiger partial charge in [-0.1, -0.05) is 0 Å². The largest absolute Gasteiger partial charge is 0.476 e. The van der Waals surface area contributed by atoms with Crippen LogP contribution < -0.4 is 0 Å². The van der Waals surface area contributed by atoms with Crippen molar-refractivity contribution in [2.45, 2.75) is 10.2 Å². The smallest absolute Gasteiger partial charge is 0.356 e. The minimum atomic E-state index is -1.12. The van der Waals surface area contributed by atoms with E-state index in [1.807, 2.05) is 0 Å². The summed E-state index contributed by atoms with van der Waals surface area (Å²) >= 11 is 1.14. The average molecular weight is 238 g/mol. The van der Waals surface area contributed by atoms with Crippen molar-refractivity contribution in [2.24, 2.45) is 7.05 Å². The molecule has 0 aromatic carbocycles. The van der Waals surface area contributed by atoms with Gasteiger partial charge in [0.05, 0.1) is 12.4 Å². The Morgan fingerprint density at radius 3 is 2.94 bits per heavy atom. The van der Waals surface area contributed by atoms with Crippen LogP contribution in [0.3, 0.4) is 0 Å². The van der Waals surface area contributed by atoms with Crippen LogP contribution in [0.2, 0.25) is 0 Å². The number of aryl methyl sites for hydroxylation is 1. The first-order valence-corrected chi connectivity index (χ1v) is 4.94. The molecular weight excluding hydrogens is 232 g/mol. The highest BCUT2D eigenvalue weighted by molar-refractivity contribution is 7.99. The summed E-state index contributed by atoms with van der Waals surface area (Å²) in [5.74, 6) is -1.12. The molecule has 0 saturated heterocycles. The third-order valence-electron chi connectivity index (χ3n) is 1.61. The number of nitrogens with zero attached hydrogens (tertiary/aromatic N) is 6. The monoisotopic (exact) mass is 238 g/mol. The number of tetrazole rings is 1. The maximum absolute atomic E-state index is 10.7. The second-order valence-corrected chi connectivity index (χ2v) is 3.72. The molecule has 0 amide bonds. The van der Waals surface area contributed by atoms with Crippen LogP contribution in [0.25, 0.3) is 0 Å². The molecule has 1 N–H and O–H groups in total. The topological polar surface area (TPSA) is 107 Å². The summed E-state index contributed by atoms with van der Waals surface area (Å²) in [5.41, 5.74) is -0.111. The van der Waals surface area contributed by atoms with Gasteiger partial charge in [0.25, 0.3) is 0 Å². The summed E-state index contributed by atoms with van der Waals surface area (Å²) in [6.07, 6.45) is 2.63. The molecule has 2 aromatic heterocycles. The molecule has 2 aromatic rings. The van der Waals surface area contributed by atoms with Crippen molar-refractivity contribution in [3.8, 4) is 0 Å². The lowest BCUT2D eigenvalue weighted by Crippen LogP contribution is -2.02. The molecule has 16 heavy (non-hydrogen) atoms. The number of hydrogen-bond donors (Lipinski definition) is 1. The maximum Gasteiger partial charge on any atom is 0.356 e. The van der Waals surface area contributed by atoms with E-state index in [4.69, 9.17) is 5.11 Å². The molecule has 0 spiro atoms. The second-order valence-electron chi connectivity index (χ2n) is 2.73. The van der Waals surface area contributed by atoms with Crippen molar-refractivity contribution < 1.29 is 9.90 Å². The van der Waals surface area contributed by atoms with E-state index in [2.05, 4.69) is 25.5 Å². The zero-order valence-electron chi connectivity index (χ0n) is 8.10. The molecule has 0 bridgehead atoms. The van der Waals surface area contributed by atoms with Gasteiger partial charge in [0.1, 0.15) is 5.03 Å². The zero-order chi connectivity index (χ0) is 11.5. The standard InChI is InChI=1S/C7H6N6O2S/c1-13-7(10-11-12-13)16-5-3-8-2-4(9-5)6(14)15/h2-3H,1H3,(H,14,15). The lowest BCUT2D eigenvalue weighted by molar-refractivity contribution is 0.0689. The molecule has 2 heterocycles. The number of rotatable bonds is 3. The van der Waals surface area contributed by atoms with Gasteiger partial charge in [0.2, 0.25) is 5.16 Å².